The summed E-state index contributed by atoms with van der Waals surface area (Å²) in [6.45, 7) is 1.59. The maximum absolute atomic E-state index is 12.5. The molecule has 0 radical (unpaired) electrons. The van der Waals surface area contributed by atoms with E-state index in [1.807, 2.05) is 30.3 Å². The second kappa shape index (κ2) is 6.30. The van der Waals surface area contributed by atoms with Gasteiger partial charge in [-0.15, -0.1) is 0 Å². The van der Waals surface area contributed by atoms with Gasteiger partial charge in [-0.1, -0.05) is 51.8 Å². The molecule has 2 nitrogen and oxygen atoms in total. The molecule has 4 heteroatoms. The average molecular weight is 366 g/mol. The minimum Gasteiger partial charge on any atom is -0.381 e. The van der Waals surface area contributed by atoms with Crippen LogP contribution in [0.15, 0.2) is 46.9 Å². The van der Waals surface area contributed by atoms with Gasteiger partial charge in [-0.2, -0.15) is 0 Å². The number of hydrogen-bond acceptors (Lipinski definition) is 2. The van der Waals surface area contributed by atoms with Crippen molar-refractivity contribution in [3.05, 3.63) is 68.7 Å². The fraction of sp³-hybridized carbons (Fsp3) is 0.235. The van der Waals surface area contributed by atoms with E-state index < -0.39 is 0 Å². The lowest BCUT2D eigenvalue weighted by Gasteiger charge is -2.09. The van der Waals surface area contributed by atoms with Crippen LogP contribution in [-0.4, -0.2) is 19.0 Å². The summed E-state index contributed by atoms with van der Waals surface area (Å²) in [6.07, 6.45) is 1.05. The lowest BCUT2D eigenvalue weighted by Crippen LogP contribution is -2.04. The molecule has 0 unspecified atom stereocenters. The summed E-state index contributed by atoms with van der Waals surface area (Å²) in [7, 11) is 0. The van der Waals surface area contributed by atoms with Crippen LogP contribution in [0.3, 0.4) is 0 Å². The summed E-state index contributed by atoms with van der Waals surface area (Å²) in [4.78, 5) is 12.5. The van der Waals surface area contributed by atoms with E-state index in [1.165, 1.54) is 5.56 Å². The topological polar surface area (TPSA) is 26.3 Å². The minimum atomic E-state index is -0.0597. The first-order chi connectivity index (χ1) is 10.1. The highest BCUT2D eigenvalue weighted by Crippen LogP contribution is 2.27. The van der Waals surface area contributed by atoms with E-state index in [9.17, 15) is 4.79 Å². The molecule has 1 saturated heterocycles. The third-order valence-electron chi connectivity index (χ3n) is 3.75. The fourth-order valence-electron chi connectivity index (χ4n) is 2.53. The highest BCUT2D eigenvalue weighted by atomic mass is 79.9. The fourth-order valence-corrected chi connectivity index (χ4v) is 3.10. The second-order valence-corrected chi connectivity index (χ2v) is 6.46. The lowest BCUT2D eigenvalue weighted by molar-refractivity contribution is 0.103. The number of hydrogen-bond donors (Lipinski definition) is 0. The number of ether oxygens (including phenoxy) is 1. The number of ketones is 1. The molecule has 1 atom stereocenters. The van der Waals surface area contributed by atoms with Crippen molar-refractivity contribution >= 4 is 33.3 Å². The third-order valence-corrected chi connectivity index (χ3v) is 4.57. The molecule has 0 N–H and O–H groups in total. The van der Waals surface area contributed by atoms with Crippen LogP contribution in [0.2, 0.25) is 5.02 Å². The first kappa shape index (κ1) is 14.8. The van der Waals surface area contributed by atoms with E-state index in [1.54, 1.807) is 12.1 Å². The van der Waals surface area contributed by atoms with E-state index >= 15 is 0 Å². The van der Waals surface area contributed by atoms with Crippen LogP contribution >= 0.6 is 27.5 Å². The van der Waals surface area contributed by atoms with E-state index in [4.69, 9.17) is 16.3 Å². The zero-order chi connectivity index (χ0) is 14.8. The summed E-state index contributed by atoms with van der Waals surface area (Å²) in [5, 5.41) is 0.469. The zero-order valence-corrected chi connectivity index (χ0v) is 13.7. The molecule has 1 fully saturated rings. The normalized spacial score (nSPS) is 17.9. The summed E-state index contributed by atoms with van der Waals surface area (Å²) in [5.41, 5.74) is 2.39. The van der Waals surface area contributed by atoms with Gasteiger partial charge in [0.15, 0.2) is 5.78 Å². The van der Waals surface area contributed by atoms with Gasteiger partial charge in [-0.25, -0.2) is 0 Å². The molecule has 3 rings (SSSR count). The molecule has 0 saturated carbocycles. The van der Waals surface area contributed by atoms with Crippen LogP contribution < -0.4 is 0 Å². The Morgan fingerprint density at radius 1 is 1.19 bits per heavy atom. The first-order valence-corrected chi connectivity index (χ1v) is 7.99. The van der Waals surface area contributed by atoms with Crippen molar-refractivity contribution in [1.29, 1.82) is 0 Å². The van der Waals surface area contributed by atoms with Gasteiger partial charge in [0.05, 0.1) is 11.6 Å². The summed E-state index contributed by atoms with van der Waals surface area (Å²) in [5.74, 6) is 0.388. The Balaban J connectivity index is 1.86. The van der Waals surface area contributed by atoms with E-state index in [2.05, 4.69) is 15.9 Å². The molecule has 0 aliphatic carbocycles. The van der Waals surface area contributed by atoms with Crippen molar-refractivity contribution in [3.63, 3.8) is 0 Å². The van der Waals surface area contributed by atoms with Crippen molar-refractivity contribution in [3.8, 4) is 0 Å². The van der Waals surface area contributed by atoms with E-state index in [-0.39, 0.29) is 5.78 Å². The van der Waals surface area contributed by atoms with Crippen LogP contribution in [0.25, 0.3) is 0 Å². The molecule has 21 heavy (non-hydrogen) atoms. The van der Waals surface area contributed by atoms with Crippen LogP contribution in [0.4, 0.5) is 0 Å². The number of benzene rings is 2. The van der Waals surface area contributed by atoms with Gasteiger partial charge < -0.3 is 4.74 Å². The minimum absolute atomic E-state index is 0.0597. The summed E-state index contributed by atoms with van der Waals surface area (Å²) < 4.78 is 6.24. The number of carbonyl (C=O) groups is 1. The van der Waals surface area contributed by atoms with Gasteiger partial charge in [-0.05, 0) is 30.2 Å². The zero-order valence-electron chi connectivity index (χ0n) is 11.3. The predicted molar refractivity (Wildman–Crippen MR) is 87.2 cm³/mol. The smallest absolute Gasteiger partial charge is 0.194 e. The van der Waals surface area contributed by atoms with Crippen LogP contribution in [0.1, 0.15) is 33.8 Å². The average Bonchev–Trinajstić information content (AvgIpc) is 3.03. The second-order valence-electron chi connectivity index (χ2n) is 5.14. The Morgan fingerprint density at radius 3 is 2.62 bits per heavy atom. The predicted octanol–water partition coefficient (Wildman–Crippen LogP) is 4.84. The molecule has 0 bridgehead atoms. The Bertz CT molecular complexity index is 661. The van der Waals surface area contributed by atoms with Gasteiger partial charge >= 0.3 is 0 Å². The molecule has 1 heterocycles. The molecule has 1 aliphatic rings. The van der Waals surface area contributed by atoms with Gasteiger partial charge in [0.2, 0.25) is 0 Å². The standard InChI is InChI=1S/C17H14BrClO2/c18-14-5-6-16(19)15(9-14)17(20)12-3-1-11(2-4-12)13-7-8-21-10-13/h1-6,9,13H,7-8,10H2/t13-/m1/s1. The third kappa shape index (κ3) is 3.20. The molecular weight excluding hydrogens is 352 g/mol. The monoisotopic (exact) mass is 364 g/mol. The summed E-state index contributed by atoms with van der Waals surface area (Å²) in [6, 6.07) is 13.1. The maximum Gasteiger partial charge on any atom is 0.194 e. The highest BCUT2D eigenvalue weighted by molar-refractivity contribution is 9.10. The van der Waals surface area contributed by atoms with Crippen molar-refractivity contribution < 1.29 is 9.53 Å². The maximum atomic E-state index is 12.5. The van der Waals surface area contributed by atoms with E-state index in [0.717, 1.165) is 24.1 Å². The molecule has 1 aliphatic heterocycles. The molecule has 2 aromatic rings. The van der Waals surface area contributed by atoms with E-state index in [0.29, 0.717) is 22.1 Å². The lowest BCUT2D eigenvalue weighted by atomic mass is 9.95. The molecular formula is C17H14BrClO2. The first-order valence-electron chi connectivity index (χ1n) is 6.82. The van der Waals surface area contributed by atoms with Crippen LogP contribution in [-0.2, 0) is 4.74 Å². The Morgan fingerprint density at radius 2 is 1.95 bits per heavy atom. The number of rotatable bonds is 3. The highest BCUT2D eigenvalue weighted by Gasteiger charge is 2.19. The van der Waals surface area contributed by atoms with Gasteiger partial charge in [0.1, 0.15) is 0 Å². The number of carbonyl (C=O) groups excluding carboxylic acids is 1. The van der Waals surface area contributed by atoms with Crippen molar-refractivity contribution in [2.24, 2.45) is 0 Å². The SMILES string of the molecule is O=C(c1ccc([C@@H]2CCOC2)cc1)c1cc(Br)ccc1Cl. The molecule has 0 aromatic heterocycles. The number of halogens is 2. The Kier molecular flexibility index (Phi) is 4.43. The van der Waals surface area contributed by atoms with Crippen molar-refractivity contribution in [1.82, 2.24) is 0 Å². The molecule has 0 amide bonds. The van der Waals surface area contributed by atoms with Crippen LogP contribution in [0.5, 0.6) is 0 Å². The Labute approximate surface area is 137 Å². The molecule has 108 valence electrons. The van der Waals surface area contributed by atoms with Gasteiger partial charge in [0, 0.05) is 28.1 Å². The molecule has 0 spiro atoms. The molecule has 2 aromatic carbocycles. The largest absolute Gasteiger partial charge is 0.381 e. The van der Waals surface area contributed by atoms with Gasteiger partial charge in [0.25, 0.3) is 0 Å². The Hall–Kier alpha value is -1.16. The summed E-state index contributed by atoms with van der Waals surface area (Å²) >= 11 is 9.49. The van der Waals surface area contributed by atoms with Crippen molar-refractivity contribution in [2.45, 2.75) is 12.3 Å². The van der Waals surface area contributed by atoms with Crippen molar-refractivity contribution in [2.75, 3.05) is 13.2 Å². The quantitative estimate of drug-likeness (QED) is 0.728. The van der Waals surface area contributed by atoms with Crippen LogP contribution in [0, 0.1) is 0 Å². The van der Waals surface area contributed by atoms with Gasteiger partial charge in [-0.3, -0.25) is 4.79 Å².